The molecule has 2 aromatic carbocycles. The highest BCUT2D eigenvalue weighted by atomic mass is 32.2. The molecule has 0 atom stereocenters. The highest BCUT2D eigenvalue weighted by Crippen LogP contribution is 2.24. The smallest absolute Gasteiger partial charge is 0.264 e. The van der Waals surface area contributed by atoms with Crippen LogP contribution in [-0.2, 0) is 10.0 Å². The Hall–Kier alpha value is -2.34. The van der Waals surface area contributed by atoms with Gasteiger partial charge in [0, 0.05) is 25.7 Å². The quantitative estimate of drug-likeness (QED) is 0.844. The molecule has 6 heteroatoms. The molecule has 1 aliphatic rings. The predicted molar refractivity (Wildman–Crippen MR) is 98.2 cm³/mol. The van der Waals surface area contributed by atoms with Gasteiger partial charge in [-0.25, -0.2) is 8.42 Å². The first-order valence-corrected chi connectivity index (χ1v) is 9.87. The Kier molecular flexibility index (Phi) is 5.08. The van der Waals surface area contributed by atoms with Gasteiger partial charge in [0.15, 0.2) is 0 Å². The maximum atomic E-state index is 12.7. The van der Waals surface area contributed by atoms with Crippen molar-refractivity contribution in [2.24, 2.45) is 0 Å². The number of amides is 1. The fourth-order valence-electron chi connectivity index (χ4n) is 3.00. The molecule has 5 nitrogen and oxygen atoms in total. The first kappa shape index (κ1) is 17.5. The lowest BCUT2D eigenvalue weighted by Crippen LogP contribution is -2.35. The van der Waals surface area contributed by atoms with Crippen LogP contribution in [0, 0.1) is 0 Å². The molecule has 0 aliphatic carbocycles. The molecule has 0 unspecified atom stereocenters. The second-order valence-electron chi connectivity index (χ2n) is 6.19. The van der Waals surface area contributed by atoms with Gasteiger partial charge in [0.25, 0.3) is 15.9 Å². The molecular weight excluding hydrogens is 336 g/mol. The molecule has 1 amide bonds. The molecule has 1 fully saturated rings. The summed E-state index contributed by atoms with van der Waals surface area (Å²) >= 11 is 0. The fraction of sp³-hybridized carbons (Fsp3) is 0.316. The first-order chi connectivity index (χ1) is 12.0. The van der Waals surface area contributed by atoms with E-state index in [1.165, 1.54) is 11.4 Å². The Bertz CT molecular complexity index is 844. The van der Waals surface area contributed by atoms with Gasteiger partial charge in [-0.3, -0.25) is 9.10 Å². The van der Waals surface area contributed by atoms with E-state index in [-0.39, 0.29) is 10.8 Å². The number of nitrogens with zero attached hydrogens (tertiary/aromatic N) is 2. The van der Waals surface area contributed by atoms with Crippen molar-refractivity contribution in [3.63, 3.8) is 0 Å². The summed E-state index contributed by atoms with van der Waals surface area (Å²) in [5.41, 5.74) is 1.00. The van der Waals surface area contributed by atoms with Crippen molar-refractivity contribution in [2.45, 2.75) is 24.2 Å². The number of carbonyl (C=O) groups is 1. The molecule has 0 saturated carbocycles. The minimum atomic E-state index is -3.65. The zero-order valence-corrected chi connectivity index (χ0v) is 15.1. The van der Waals surface area contributed by atoms with Crippen LogP contribution in [0.2, 0.25) is 0 Å². The van der Waals surface area contributed by atoms with Crippen LogP contribution in [0.5, 0.6) is 0 Å². The molecular formula is C19H22N2O3S. The Morgan fingerprint density at radius 2 is 1.64 bits per heavy atom. The Morgan fingerprint density at radius 3 is 2.32 bits per heavy atom. The predicted octanol–water partition coefficient (Wildman–Crippen LogP) is 3.14. The lowest BCUT2D eigenvalue weighted by atomic mass is 10.1. The SMILES string of the molecule is CN(c1cccc(C(=O)N2CCCCC2)c1)S(=O)(=O)c1ccccc1. The molecule has 0 aromatic heterocycles. The molecule has 0 spiro atoms. The molecule has 25 heavy (non-hydrogen) atoms. The second-order valence-corrected chi connectivity index (χ2v) is 8.16. The van der Waals surface area contributed by atoms with Crippen LogP contribution in [0.1, 0.15) is 29.6 Å². The van der Waals surface area contributed by atoms with Crippen molar-refractivity contribution in [2.75, 3.05) is 24.4 Å². The van der Waals surface area contributed by atoms with Gasteiger partial charge < -0.3 is 4.90 Å². The minimum Gasteiger partial charge on any atom is -0.339 e. The third-order valence-electron chi connectivity index (χ3n) is 4.50. The van der Waals surface area contributed by atoms with Crippen LogP contribution in [0.15, 0.2) is 59.5 Å². The lowest BCUT2D eigenvalue weighted by Gasteiger charge is -2.27. The van der Waals surface area contributed by atoms with Crippen LogP contribution < -0.4 is 4.31 Å². The van der Waals surface area contributed by atoms with Crippen molar-refractivity contribution in [1.29, 1.82) is 0 Å². The van der Waals surface area contributed by atoms with Gasteiger partial charge in [0.05, 0.1) is 10.6 Å². The Labute approximate surface area is 148 Å². The number of benzene rings is 2. The summed E-state index contributed by atoms with van der Waals surface area (Å²) in [4.78, 5) is 14.7. The molecule has 0 radical (unpaired) electrons. The number of hydrogen-bond donors (Lipinski definition) is 0. The van der Waals surface area contributed by atoms with Gasteiger partial charge in [0.1, 0.15) is 0 Å². The Balaban J connectivity index is 1.87. The lowest BCUT2D eigenvalue weighted by molar-refractivity contribution is 0.0724. The number of rotatable bonds is 4. The number of hydrogen-bond acceptors (Lipinski definition) is 3. The molecule has 3 rings (SSSR count). The van der Waals surface area contributed by atoms with Gasteiger partial charge in [-0.15, -0.1) is 0 Å². The van der Waals surface area contributed by atoms with Gasteiger partial charge in [0.2, 0.25) is 0 Å². The van der Waals surface area contributed by atoms with E-state index in [4.69, 9.17) is 0 Å². The number of sulfonamides is 1. The molecule has 2 aromatic rings. The maximum absolute atomic E-state index is 12.7. The van der Waals surface area contributed by atoms with Crippen LogP contribution in [-0.4, -0.2) is 39.4 Å². The highest BCUT2D eigenvalue weighted by molar-refractivity contribution is 7.92. The highest BCUT2D eigenvalue weighted by Gasteiger charge is 2.23. The monoisotopic (exact) mass is 358 g/mol. The van der Waals surface area contributed by atoms with Crippen LogP contribution >= 0.6 is 0 Å². The minimum absolute atomic E-state index is 0.0351. The summed E-state index contributed by atoms with van der Waals surface area (Å²) in [6.45, 7) is 1.53. The topological polar surface area (TPSA) is 57.7 Å². The number of carbonyl (C=O) groups excluding carboxylic acids is 1. The molecule has 1 heterocycles. The van der Waals surface area contributed by atoms with Crippen LogP contribution in [0.25, 0.3) is 0 Å². The summed E-state index contributed by atoms with van der Waals surface area (Å²) in [6.07, 6.45) is 3.20. The molecule has 0 N–H and O–H groups in total. The number of anilines is 1. The first-order valence-electron chi connectivity index (χ1n) is 8.43. The van der Waals surface area contributed by atoms with E-state index in [0.29, 0.717) is 11.3 Å². The molecule has 1 aliphatic heterocycles. The summed E-state index contributed by atoms with van der Waals surface area (Å²) in [5.74, 6) is -0.0351. The van der Waals surface area contributed by atoms with Gasteiger partial charge in [-0.1, -0.05) is 24.3 Å². The van der Waals surface area contributed by atoms with Crippen molar-refractivity contribution in [1.82, 2.24) is 4.90 Å². The van der Waals surface area contributed by atoms with E-state index < -0.39 is 10.0 Å². The summed E-state index contributed by atoms with van der Waals surface area (Å²) in [7, 11) is -2.14. The normalized spacial score (nSPS) is 15.0. The summed E-state index contributed by atoms with van der Waals surface area (Å²) in [6, 6.07) is 15.1. The zero-order valence-electron chi connectivity index (χ0n) is 14.3. The van der Waals surface area contributed by atoms with Crippen molar-refractivity contribution in [3.05, 3.63) is 60.2 Å². The van der Waals surface area contributed by atoms with Crippen molar-refractivity contribution < 1.29 is 13.2 Å². The fourth-order valence-corrected chi connectivity index (χ4v) is 4.21. The molecule has 0 bridgehead atoms. The van der Waals surface area contributed by atoms with Crippen LogP contribution in [0.4, 0.5) is 5.69 Å². The zero-order chi connectivity index (χ0) is 17.9. The van der Waals surface area contributed by atoms with E-state index in [9.17, 15) is 13.2 Å². The van der Waals surface area contributed by atoms with E-state index in [1.807, 2.05) is 4.90 Å². The summed E-state index contributed by atoms with van der Waals surface area (Å²) in [5, 5.41) is 0. The number of piperidine rings is 1. The third-order valence-corrected chi connectivity index (χ3v) is 6.30. The molecule has 1 saturated heterocycles. The van der Waals surface area contributed by atoms with E-state index >= 15 is 0 Å². The summed E-state index contributed by atoms with van der Waals surface area (Å²) < 4.78 is 26.7. The van der Waals surface area contributed by atoms with Crippen molar-refractivity contribution in [3.8, 4) is 0 Å². The maximum Gasteiger partial charge on any atom is 0.264 e. The third kappa shape index (κ3) is 3.69. The Morgan fingerprint density at radius 1 is 0.960 bits per heavy atom. The van der Waals surface area contributed by atoms with E-state index in [2.05, 4.69) is 0 Å². The number of likely N-dealkylation sites (tertiary alicyclic amines) is 1. The van der Waals surface area contributed by atoms with E-state index in [1.54, 1.807) is 54.6 Å². The average molecular weight is 358 g/mol. The molecule has 132 valence electrons. The second kappa shape index (κ2) is 7.27. The van der Waals surface area contributed by atoms with Gasteiger partial charge >= 0.3 is 0 Å². The standard InChI is InChI=1S/C19H22N2O3S/c1-20(25(23,24)18-11-4-2-5-12-18)17-10-8-9-16(15-17)19(22)21-13-6-3-7-14-21/h2,4-5,8-12,15H,3,6-7,13-14H2,1H3. The van der Waals surface area contributed by atoms with Crippen molar-refractivity contribution >= 4 is 21.6 Å². The largest absolute Gasteiger partial charge is 0.339 e. The van der Waals surface area contributed by atoms with Crippen LogP contribution in [0.3, 0.4) is 0 Å². The van der Waals surface area contributed by atoms with E-state index in [0.717, 1.165) is 32.4 Å². The average Bonchev–Trinajstić information content (AvgIpc) is 2.68. The van der Waals surface area contributed by atoms with Gasteiger partial charge in [-0.2, -0.15) is 0 Å². The van der Waals surface area contributed by atoms with Gasteiger partial charge in [-0.05, 0) is 49.6 Å².